The van der Waals surface area contributed by atoms with Crippen LogP contribution >= 0.6 is 23.2 Å². The number of urea groups is 1. The van der Waals surface area contributed by atoms with Crippen LogP contribution in [0.5, 0.6) is 0 Å². The summed E-state index contributed by atoms with van der Waals surface area (Å²) >= 11 is 12.0. The summed E-state index contributed by atoms with van der Waals surface area (Å²) in [5.41, 5.74) is 2.63. The van der Waals surface area contributed by atoms with Crippen LogP contribution in [0, 0.1) is 6.92 Å². The summed E-state index contributed by atoms with van der Waals surface area (Å²) in [6.07, 6.45) is 1.47. The van der Waals surface area contributed by atoms with Gasteiger partial charge in [0.05, 0.1) is 0 Å². The fraction of sp³-hybridized carbons (Fsp3) is 0.333. The highest BCUT2D eigenvalue weighted by Gasteiger charge is 2.35. The van der Waals surface area contributed by atoms with Gasteiger partial charge in [-0.15, -0.1) is 0 Å². The average Bonchev–Trinajstić information content (AvgIpc) is 3.16. The van der Waals surface area contributed by atoms with Crippen molar-refractivity contribution in [1.29, 1.82) is 0 Å². The Balaban J connectivity index is 1.65. The van der Waals surface area contributed by atoms with Gasteiger partial charge in [0, 0.05) is 35.9 Å². The van der Waals surface area contributed by atoms with Gasteiger partial charge < -0.3 is 15.1 Å². The van der Waals surface area contributed by atoms with E-state index in [2.05, 4.69) is 5.32 Å². The molecule has 5 nitrogen and oxygen atoms in total. The van der Waals surface area contributed by atoms with Crippen molar-refractivity contribution in [1.82, 2.24) is 9.80 Å². The molecular weight excluding hydrogens is 397 g/mol. The average molecular weight is 420 g/mol. The maximum Gasteiger partial charge on any atom is 0.322 e. The number of anilines is 1. The number of likely N-dealkylation sites (N-methyl/N-ethyl adjacent to an activating group) is 1. The maximum absolute atomic E-state index is 13.0. The smallest absolute Gasteiger partial charge is 0.322 e. The van der Waals surface area contributed by atoms with Crippen LogP contribution in [0.15, 0.2) is 42.5 Å². The van der Waals surface area contributed by atoms with Gasteiger partial charge in [-0.25, -0.2) is 4.79 Å². The van der Waals surface area contributed by atoms with Crippen LogP contribution in [0.4, 0.5) is 10.5 Å². The zero-order valence-electron chi connectivity index (χ0n) is 15.9. The van der Waals surface area contributed by atoms with Crippen molar-refractivity contribution >= 4 is 40.8 Å². The fourth-order valence-electron chi connectivity index (χ4n) is 3.41. The molecule has 3 amide bonds. The minimum Gasteiger partial charge on any atom is -0.340 e. The summed E-state index contributed by atoms with van der Waals surface area (Å²) in [6, 6.07) is 11.9. The molecule has 1 saturated heterocycles. The molecule has 2 aromatic carbocycles. The van der Waals surface area contributed by atoms with Crippen LogP contribution < -0.4 is 5.32 Å². The highest BCUT2D eigenvalue weighted by atomic mass is 35.5. The molecule has 7 heteroatoms. The van der Waals surface area contributed by atoms with E-state index in [4.69, 9.17) is 23.2 Å². The number of nitrogens with one attached hydrogen (secondary N) is 1. The van der Waals surface area contributed by atoms with Crippen molar-refractivity contribution in [2.24, 2.45) is 0 Å². The first-order valence-electron chi connectivity index (χ1n) is 9.18. The highest BCUT2D eigenvalue weighted by molar-refractivity contribution is 6.31. The molecule has 1 fully saturated rings. The number of likely N-dealkylation sites (tertiary alicyclic amines) is 1. The largest absolute Gasteiger partial charge is 0.340 e. The zero-order chi connectivity index (χ0) is 20.3. The molecule has 3 rings (SSSR count). The van der Waals surface area contributed by atoms with E-state index in [1.807, 2.05) is 25.1 Å². The summed E-state index contributed by atoms with van der Waals surface area (Å²) in [4.78, 5) is 28.9. The molecule has 0 unspecified atom stereocenters. The van der Waals surface area contributed by atoms with Gasteiger partial charge in [0.1, 0.15) is 6.04 Å². The van der Waals surface area contributed by atoms with E-state index < -0.39 is 6.04 Å². The van der Waals surface area contributed by atoms with E-state index in [9.17, 15) is 9.59 Å². The molecule has 1 heterocycles. The van der Waals surface area contributed by atoms with E-state index in [-0.39, 0.29) is 11.9 Å². The molecule has 0 bridgehead atoms. The second-order valence-electron chi connectivity index (χ2n) is 7.07. The van der Waals surface area contributed by atoms with E-state index in [0.29, 0.717) is 35.2 Å². The predicted molar refractivity (Wildman–Crippen MR) is 113 cm³/mol. The first-order valence-corrected chi connectivity index (χ1v) is 9.94. The van der Waals surface area contributed by atoms with Crippen LogP contribution in [-0.4, -0.2) is 41.4 Å². The third-order valence-electron chi connectivity index (χ3n) is 4.91. The molecule has 148 valence electrons. The van der Waals surface area contributed by atoms with Gasteiger partial charge in [0.15, 0.2) is 0 Å². The summed E-state index contributed by atoms with van der Waals surface area (Å²) in [7, 11) is 1.76. The lowest BCUT2D eigenvalue weighted by atomic mass is 10.1. The number of rotatable bonds is 4. The van der Waals surface area contributed by atoms with E-state index >= 15 is 0 Å². The van der Waals surface area contributed by atoms with Crippen LogP contribution in [0.3, 0.4) is 0 Å². The van der Waals surface area contributed by atoms with Gasteiger partial charge >= 0.3 is 6.03 Å². The van der Waals surface area contributed by atoms with Crippen molar-refractivity contribution in [2.45, 2.75) is 32.4 Å². The maximum atomic E-state index is 13.0. The molecule has 1 N–H and O–H groups in total. The molecule has 2 aromatic rings. The summed E-state index contributed by atoms with van der Waals surface area (Å²) in [6.45, 7) is 2.97. The summed E-state index contributed by atoms with van der Waals surface area (Å²) in [5, 5.41) is 4.15. The fourth-order valence-corrected chi connectivity index (χ4v) is 3.65. The molecule has 0 radical (unpaired) electrons. The second kappa shape index (κ2) is 8.84. The van der Waals surface area contributed by atoms with E-state index in [1.54, 1.807) is 41.1 Å². The normalized spacial score (nSPS) is 16.1. The Morgan fingerprint density at radius 3 is 2.57 bits per heavy atom. The number of amides is 3. The molecule has 0 aromatic heterocycles. The lowest BCUT2D eigenvalue weighted by Gasteiger charge is -2.28. The third-order valence-corrected chi connectivity index (χ3v) is 5.59. The van der Waals surface area contributed by atoms with Gasteiger partial charge in [-0.1, -0.05) is 35.3 Å². The minimum atomic E-state index is -0.453. The molecule has 1 aliphatic rings. The highest BCUT2D eigenvalue weighted by Crippen LogP contribution is 2.23. The Kier molecular flexibility index (Phi) is 6.47. The molecule has 28 heavy (non-hydrogen) atoms. The SMILES string of the molecule is Cc1cc(CN(C)C(=O)[C@H]2CCCN2C(=O)Nc2ccc(Cl)cc2)ccc1Cl. The Hall–Kier alpha value is -2.24. The Bertz CT molecular complexity index is 870. The van der Waals surface area contributed by atoms with Gasteiger partial charge in [0.2, 0.25) is 5.91 Å². The Labute approximate surface area is 175 Å². The van der Waals surface area contributed by atoms with Crippen molar-refractivity contribution < 1.29 is 9.59 Å². The van der Waals surface area contributed by atoms with E-state index in [1.165, 1.54) is 0 Å². The predicted octanol–water partition coefficient (Wildman–Crippen LogP) is 4.96. The standard InChI is InChI=1S/C21H23Cl2N3O2/c1-14-12-15(5-10-18(14)23)13-25(2)20(27)19-4-3-11-26(19)21(28)24-17-8-6-16(22)7-9-17/h5-10,12,19H,3-4,11,13H2,1-2H3,(H,24,28)/t19-/m1/s1. The molecular formula is C21H23Cl2N3O2. The number of aryl methyl sites for hydroxylation is 1. The Morgan fingerprint density at radius 2 is 1.89 bits per heavy atom. The van der Waals surface area contributed by atoms with Gasteiger partial charge in [-0.2, -0.15) is 0 Å². The molecule has 0 saturated carbocycles. The minimum absolute atomic E-state index is 0.0589. The number of carbonyl (C=O) groups excluding carboxylic acids is 2. The van der Waals surface area contributed by atoms with Gasteiger partial charge in [-0.3, -0.25) is 4.79 Å². The van der Waals surface area contributed by atoms with Crippen LogP contribution in [0.2, 0.25) is 10.0 Å². The van der Waals surface area contributed by atoms with Crippen molar-refractivity contribution in [3.8, 4) is 0 Å². The van der Waals surface area contributed by atoms with Gasteiger partial charge in [0.25, 0.3) is 0 Å². The number of halogens is 2. The first-order chi connectivity index (χ1) is 13.3. The Morgan fingerprint density at radius 1 is 1.18 bits per heavy atom. The second-order valence-corrected chi connectivity index (χ2v) is 7.91. The van der Waals surface area contributed by atoms with Gasteiger partial charge in [-0.05, 0) is 61.2 Å². The molecule has 0 spiro atoms. The summed E-state index contributed by atoms with van der Waals surface area (Å²) < 4.78 is 0. The monoisotopic (exact) mass is 419 g/mol. The number of nitrogens with zero attached hydrogens (tertiary/aromatic N) is 2. The first kappa shape index (κ1) is 20.5. The zero-order valence-corrected chi connectivity index (χ0v) is 17.4. The van der Waals surface area contributed by atoms with Crippen molar-refractivity contribution in [2.75, 3.05) is 18.9 Å². The lowest BCUT2D eigenvalue weighted by Crippen LogP contribution is -2.47. The van der Waals surface area contributed by atoms with Crippen LogP contribution in [-0.2, 0) is 11.3 Å². The number of hydrogen-bond acceptors (Lipinski definition) is 2. The van der Waals surface area contributed by atoms with E-state index in [0.717, 1.165) is 17.5 Å². The van der Waals surface area contributed by atoms with Crippen molar-refractivity contribution in [3.05, 3.63) is 63.6 Å². The number of benzene rings is 2. The van der Waals surface area contributed by atoms with Crippen LogP contribution in [0.1, 0.15) is 24.0 Å². The quantitative estimate of drug-likeness (QED) is 0.761. The summed E-state index contributed by atoms with van der Waals surface area (Å²) in [5.74, 6) is -0.0589. The topological polar surface area (TPSA) is 52.7 Å². The molecule has 1 aliphatic heterocycles. The number of hydrogen-bond donors (Lipinski definition) is 1. The third kappa shape index (κ3) is 4.78. The molecule has 1 atom stereocenters. The molecule has 0 aliphatic carbocycles. The lowest BCUT2D eigenvalue weighted by molar-refractivity contribution is -0.134. The number of carbonyl (C=O) groups is 2. The van der Waals surface area contributed by atoms with Crippen molar-refractivity contribution in [3.63, 3.8) is 0 Å². The van der Waals surface area contributed by atoms with Crippen LogP contribution in [0.25, 0.3) is 0 Å².